The lowest BCUT2D eigenvalue weighted by atomic mass is 9.89. The third kappa shape index (κ3) is 5.23. The minimum atomic E-state index is -0.726. The van der Waals surface area contributed by atoms with Crippen molar-refractivity contribution in [2.75, 3.05) is 26.9 Å². The lowest BCUT2D eigenvalue weighted by Gasteiger charge is -2.33. The van der Waals surface area contributed by atoms with Gasteiger partial charge >= 0.3 is 12.0 Å². The molecular formula is C19H26N2O5. The number of methoxy groups -OCH3 is 1. The summed E-state index contributed by atoms with van der Waals surface area (Å²) < 4.78 is 15.8. The van der Waals surface area contributed by atoms with Crippen LogP contribution in [0.15, 0.2) is 36.5 Å². The van der Waals surface area contributed by atoms with Crippen molar-refractivity contribution in [3.63, 3.8) is 0 Å². The SMILES string of the molecule is C=C1NC(=O)N[C@@H](c2ccc(OCCCC)cc2)[C@@H]1C(=O)OCCOC. The van der Waals surface area contributed by atoms with E-state index in [1.807, 2.05) is 24.3 Å². The molecule has 1 aliphatic heterocycles. The topological polar surface area (TPSA) is 85.9 Å². The molecule has 0 unspecified atom stereocenters. The van der Waals surface area contributed by atoms with E-state index in [2.05, 4.69) is 24.1 Å². The van der Waals surface area contributed by atoms with E-state index in [1.165, 1.54) is 7.11 Å². The van der Waals surface area contributed by atoms with Crippen LogP contribution < -0.4 is 15.4 Å². The Labute approximate surface area is 153 Å². The van der Waals surface area contributed by atoms with E-state index in [-0.39, 0.29) is 6.61 Å². The van der Waals surface area contributed by atoms with Gasteiger partial charge in [-0.1, -0.05) is 32.1 Å². The fraction of sp³-hybridized carbons (Fsp3) is 0.474. The standard InChI is InChI=1S/C19H26N2O5/c1-4-5-10-25-15-8-6-14(7-9-15)17-16(13(2)20-19(23)21-17)18(22)26-12-11-24-3/h6-9,16-17H,2,4-5,10-12H2,1,3H3,(H2,20,21,23)/t16-,17+/m1/s1. The second-order valence-electron chi connectivity index (χ2n) is 6.01. The number of amides is 2. The summed E-state index contributed by atoms with van der Waals surface area (Å²) in [6.45, 7) is 7.02. The van der Waals surface area contributed by atoms with Crippen LogP contribution in [0.25, 0.3) is 0 Å². The summed E-state index contributed by atoms with van der Waals surface area (Å²) in [5.41, 5.74) is 1.09. The molecule has 1 fully saturated rings. The monoisotopic (exact) mass is 362 g/mol. The van der Waals surface area contributed by atoms with Crippen molar-refractivity contribution in [1.29, 1.82) is 0 Å². The van der Waals surface area contributed by atoms with E-state index >= 15 is 0 Å². The van der Waals surface area contributed by atoms with Crippen molar-refractivity contribution in [3.8, 4) is 5.75 Å². The van der Waals surface area contributed by atoms with Crippen LogP contribution in [0.3, 0.4) is 0 Å². The Kier molecular flexibility index (Phi) is 7.47. The predicted octanol–water partition coefficient (Wildman–Crippen LogP) is 2.54. The highest BCUT2D eigenvalue weighted by atomic mass is 16.6. The van der Waals surface area contributed by atoms with Crippen LogP contribution in [-0.4, -0.2) is 38.9 Å². The first-order valence-electron chi connectivity index (χ1n) is 8.71. The van der Waals surface area contributed by atoms with Crippen LogP contribution >= 0.6 is 0 Å². The van der Waals surface area contributed by atoms with Gasteiger partial charge in [0, 0.05) is 12.8 Å². The van der Waals surface area contributed by atoms with Crippen LogP contribution in [0.4, 0.5) is 4.79 Å². The minimum Gasteiger partial charge on any atom is -0.494 e. The number of carbonyl (C=O) groups is 2. The predicted molar refractivity (Wildman–Crippen MR) is 96.7 cm³/mol. The summed E-state index contributed by atoms with van der Waals surface area (Å²) in [7, 11) is 1.53. The Bertz CT molecular complexity index is 629. The Morgan fingerprint density at radius 1 is 1.19 bits per heavy atom. The molecule has 2 atom stereocenters. The minimum absolute atomic E-state index is 0.143. The summed E-state index contributed by atoms with van der Waals surface area (Å²) in [4.78, 5) is 24.3. The van der Waals surface area contributed by atoms with Gasteiger partial charge < -0.3 is 24.8 Å². The molecule has 1 aromatic rings. The number of hydrogen-bond acceptors (Lipinski definition) is 5. The summed E-state index contributed by atoms with van der Waals surface area (Å²) in [6, 6.07) is 6.37. The third-order valence-electron chi connectivity index (χ3n) is 4.06. The molecule has 142 valence electrons. The zero-order chi connectivity index (χ0) is 18.9. The molecule has 2 N–H and O–H groups in total. The zero-order valence-electron chi connectivity index (χ0n) is 15.2. The van der Waals surface area contributed by atoms with E-state index in [0.717, 1.165) is 24.2 Å². The van der Waals surface area contributed by atoms with Gasteiger partial charge in [-0.05, 0) is 24.1 Å². The molecule has 0 bridgehead atoms. The Balaban J connectivity index is 2.12. The van der Waals surface area contributed by atoms with Crippen LogP contribution in [0.2, 0.25) is 0 Å². The molecule has 0 aromatic heterocycles. The first-order valence-corrected chi connectivity index (χ1v) is 8.71. The van der Waals surface area contributed by atoms with Crippen molar-refractivity contribution in [1.82, 2.24) is 10.6 Å². The summed E-state index contributed by atoms with van der Waals surface area (Å²) in [5, 5.41) is 5.32. The molecule has 1 heterocycles. The number of urea groups is 1. The highest BCUT2D eigenvalue weighted by Gasteiger charge is 2.38. The second kappa shape index (κ2) is 9.82. The van der Waals surface area contributed by atoms with Gasteiger partial charge in [0.25, 0.3) is 0 Å². The zero-order valence-corrected chi connectivity index (χ0v) is 15.2. The molecule has 0 spiro atoms. The number of esters is 1. The average Bonchev–Trinajstić information content (AvgIpc) is 2.62. The number of ether oxygens (including phenoxy) is 3. The fourth-order valence-electron chi connectivity index (χ4n) is 2.66. The van der Waals surface area contributed by atoms with Crippen LogP contribution in [0, 0.1) is 5.92 Å². The van der Waals surface area contributed by atoms with Crippen molar-refractivity contribution in [3.05, 3.63) is 42.1 Å². The maximum absolute atomic E-state index is 12.5. The smallest absolute Gasteiger partial charge is 0.319 e. The van der Waals surface area contributed by atoms with Gasteiger partial charge in [0.05, 0.1) is 19.3 Å². The van der Waals surface area contributed by atoms with Crippen LogP contribution in [0.1, 0.15) is 31.4 Å². The molecule has 0 radical (unpaired) electrons. The van der Waals surface area contributed by atoms with Crippen molar-refractivity contribution in [2.24, 2.45) is 5.92 Å². The molecule has 0 aliphatic carbocycles. The third-order valence-corrected chi connectivity index (χ3v) is 4.06. The van der Waals surface area contributed by atoms with Crippen molar-refractivity contribution >= 4 is 12.0 Å². The quantitative estimate of drug-likeness (QED) is 0.521. The van der Waals surface area contributed by atoms with Gasteiger partial charge in [-0.2, -0.15) is 0 Å². The number of carbonyl (C=O) groups excluding carboxylic acids is 2. The van der Waals surface area contributed by atoms with Crippen molar-refractivity contribution in [2.45, 2.75) is 25.8 Å². The van der Waals surface area contributed by atoms with E-state index in [1.54, 1.807) is 0 Å². The highest BCUT2D eigenvalue weighted by molar-refractivity contribution is 5.85. The molecule has 2 rings (SSSR count). The molecule has 26 heavy (non-hydrogen) atoms. The summed E-state index contributed by atoms with van der Waals surface area (Å²) >= 11 is 0. The molecule has 1 aromatic carbocycles. The number of hydrogen-bond donors (Lipinski definition) is 2. The van der Waals surface area contributed by atoms with Gasteiger partial charge in [-0.25, -0.2) is 4.79 Å². The lowest BCUT2D eigenvalue weighted by molar-refractivity contribution is -0.149. The molecule has 0 saturated carbocycles. The number of rotatable bonds is 9. The normalized spacial score (nSPS) is 19.5. The van der Waals surface area contributed by atoms with Gasteiger partial charge in [0.1, 0.15) is 18.3 Å². The van der Waals surface area contributed by atoms with E-state index in [9.17, 15) is 9.59 Å². The number of benzene rings is 1. The van der Waals surface area contributed by atoms with E-state index in [4.69, 9.17) is 14.2 Å². The summed E-state index contributed by atoms with van der Waals surface area (Å²) in [6.07, 6.45) is 2.05. The fourth-order valence-corrected chi connectivity index (χ4v) is 2.66. The molecule has 7 heteroatoms. The largest absolute Gasteiger partial charge is 0.494 e. The highest BCUT2D eigenvalue weighted by Crippen LogP contribution is 2.31. The van der Waals surface area contributed by atoms with Gasteiger partial charge in [-0.3, -0.25) is 4.79 Å². The molecule has 1 aliphatic rings. The average molecular weight is 362 g/mol. The van der Waals surface area contributed by atoms with Gasteiger partial charge in [0.2, 0.25) is 0 Å². The Morgan fingerprint density at radius 3 is 2.58 bits per heavy atom. The summed E-state index contributed by atoms with van der Waals surface area (Å²) in [5.74, 6) is -0.440. The molecular weight excluding hydrogens is 336 g/mol. The first kappa shape index (κ1) is 19.8. The Hall–Kier alpha value is -2.54. The molecule has 7 nitrogen and oxygen atoms in total. The molecule has 2 amide bonds. The van der Waals surface area contributed by atoms with Crippen molar-refractivity contribution < 1.29 is 23.8 Å². The van der Waals surface area contributed by atoms with Crippen LogP contribution in [-0.2, 0) is 14.3 Å². The first-order chi connectivity index (χ1) is 12.6. The lowest BCUT2D eigenvalue weighted by Crippen LogP contribution is -2.51. The second-order valence-corrected chi connectivity index (χ2v) is 6.01. The molecule has 1 saturated heterocycles. The maximum Gasteiger partial charge on any atom is 0.319 e. The maximum atomic E-state index is 12.5. The van der Waals surface area contributed by atoms with E-state index < -0.39 is 24.0 Å². The Morgan fingerprint density at radius 2 is 1.92 bits per heavy atom. The number of unbranched alkanes of at least 4 members (excludes halogenated alkanes) is 1. The van der Waals surface area contributed by atoms with Gasteiger partial charge in [0.15, 0.2) is 0 Å². The van der Waals surface area contributed by atoms with Gasteiger partial charge in [-0.15, -0.1) is 0 Å². The number of nitrogens with one attached hydrogen (secondary N) is 2. The van der Waals surface area contributed by atoms with E-state index in [0.29, 0.717) is 18.9 Å². The van der Waals surface area contributed by atoms with Crippen LogP contribution in [0.5, 0.6) is 5.75 Å².